The Morgan fingerprint density at radius 3 is 3.13 bits per heavy atom. The topological polar surface area (TPSA) is 50.4 Å². The van der Waals surface area contributed by atoms with Gasteiger partial charge in [-0.1, -0.05) is 18.2 Å². The summed E-state index contributed by atoms with van der Waals surface area (Å²) >= 11 is 0. The van der Waals surface area contributed by atoms with Crippen LogP contribution in [-0.4, -0.2) is 26.1 Å². The van der Waals surface area contributed by atoms with Gasteiger partial charge >= 0.3 is 0 Å². The van der Waals surface area contributed by atoms with Gasteiger partial charge in [-0.15, -0.1) is 0 Å². The molecule has 4 nitrogen and oxygen atoms in total. The van der Waals surface area contributed by atoms with Gasteiger partial charge in [0.15, 0.2) is 0 Å². The van der Waals surface area contributed by atoms with Crippen molar-refractivity contribution in [3.8, 4) is 5.75 Å². The van der Waals surface area contributed by atoms with Crippen molar-refractivity contribution in [2.24, 2.45) is 0 Å². The number of ether oxygens (including phenoxy) is 1. The van der Waals surface area contributed by atoms with Gasteiger partial charge in [0.05, 0.1) is 12.6 Å². The number of hydrogen-bond acceptors (Lipinski definition) is 3. The molecule has 1 aliphatic rings. The van der Waals surface area contributed by atoms with E-state index in [4.69, 9.17) is 4.74 Å². The molecule has 1 aromatic carbocycles. The molecule has 0 aliphatic carbocycles. The van der Waals surface area contributed by atoms with Crippen LogP contribution in [0.3, 0.4) is 0 Å². The van der Waals surface area contributed by atoms with Gasteiger partial charge in [0.25, 0.3) is 0 Å². The van der Waals surface area contributed by atoms with Crippen LogP contribution in [-0.2, 0) is 4.79 Å². The average Bonchev–Trinajstić information content (AvgIpc) is 2.62. The molecule has 0 radical (unpaired) electrons. The standard InChI is InChI=1S/C11H14N2O2/c1-12-6-11(14)13-9-7-15-10-5-3-2-4-8(9)10/h2-5,9,12H,6-7H2,1H3,(H,13,14). The molecule has 1 aliphatic heterocycles. The molecule has 80 valence electrons. The zero-order valence-corrected chi connectivity index (χ0v) is 8.62. The zero-order chi connectivity index (χ0) is 10.7. The Balaban J connectivity index is 2.04. The summed E-state index contributed by atoms with van der Waals surface area (Å²) in [5.41, 5.74) is 1.06. The maximum absolute atomic E-state index is 11.4. The molecule has 15 heavy (non-hydrogen) atoms. The van der Waals surface area contributed by atoms with Crippen LogP contribution in [0.25, 0.3) is 0 Å². The number of nitrogens with one attached hydrogen (secondary N) is 2. The number of likely N-dealkylation sites (N-methyl/N-ethyl adjacent to an activating group) is 1. The number of hydrogen-bond donors (Lipinski definition) is 2. The third-order valence-electron chi connectivity index (χ3n) is 2.37. The fourth-order valence-corrected chi connectivity index (χ4v) is 1.69. The highest BCUT2D eigenvalue weighted by Crippen LogP contribution is 2.31. The Morgan fingerprint density at radius 1 is 1.53 bits per heavy atom. The summed E-state index contributed by atoms with van der Waals surface area (Å²) < 4.78 is 5.45. The molecule has 1 aromatic rings. The van der Waals surface area contributed by atoms with Gasteiger partial charge in [-0.05, 0) is 13.1 Å². The minimum atomic E-state index is -0.0120. The fourth-order valence-electron chi connectivity index (χ4n) is 1.69. The first kappa shape index (κ1) is 9.98. The van der Waals surface area contributed by atoms with Crippen LogP contribution >= 0.6 is 0 Å². The van der Waals surface area contributed by atoms with Crippen LogP contribution in [0.15, 0.2) is 24.3 Å². The lowest BCUT2D eigenvalue weighted by Crippen LogP contribution is -2.35. The van der Waals surface area contributed by atoms with E-state index in [1.165, 1.54) is 0 Å². The van der Waals surface area contributed by atoms with E-state index in [9.17, 15) is 4.79 Å². The number of carbonyl (C=O) groups excluding carboxylic acids is 1. The molecule has 1 heterocycles. The molecule has 1 amide bonds. The van der Waals surface area contributed by atoms with Crippen LogP contribution in [0, 0.1) is 0 Å². The summed E-state index contributed by atoms with van der Waals surface area (Å²) in [5, 5.41) is 5.72. The van der Waals surface area contributed by atoms with Crippen molar-refractivity contribution in [3.63, 3.8) is 0 Å². The van der Waals surface area contributed by atoms with Gasteiger partial charge in [0, 0.05) is 5.56 Å². The highest BCUT2D eigenvalue weighted by molar-refractivity contribution is 5.78. The Bertz CT molecular complexity index is 365. The van der Waals surface area contributed by atoms with E-state index in [0.717, 1.165) is 11.3 Å². The van der Waals surface area contributed by atoms with Crippen molar-refractivity contribution < 1.29 is 9.53 Å². The molecule has 0 fully saturated rings. The Hall–Kier alpha value is -1.55. The molecule has 1 atom stereocenters. The lowest BCUT2D eigenvalue weighted by atomic mass is 10.1. The van der Waals surface area contributed by atoms with Crippen LogP contribution in [0.4, 0.5) is 0 Å². The predicted molar refractivity (Wildman–Crippen MR) is 56.7 cm³/mol. The van der Waals surface area contributed by atoms with Crippen molar-refractivity contribution in [1.29, 1.82) is 0 Å². The van der Waals surface area contributed by atoms with E-state index in [0.29, 0.717) is 13.2 Å². The molecule has 0 spiro atoms. The summed E-state index contributed by atoms with van der Waals surface area (Å²) in [6.07, 6.45) is 0. The Kier molecular flexibility index (Phi) is 2.87. The molecule has 0 saturated heterocycles. The molecular formula is C11H14N2O2. The average molecular weight is 206 g/mol. The molecule has 1 unspecified atom stereocenters. The van der Waals surface area contributed by atoms with E-state index in [-0.39, 0.29) is 11.9 Å². The number of benzene rings is 1. The first-order chi connectivity index (χ1) is 7.31. The number of para-hydroxylation sites is 1. The van der Waals surface area contributed by atoms with Crippen molar-refractivity contribution >= 4 is 5.91 Å². The van der Waals surface area contributed by atoms with Crippen molar-refractivity contribution in [3.05, 3.63) is 29.8 Å². The number of rotatable bonds is 3. The van der Waals surface area contributed by atoms with Gasteiger partial charge in [0.2, 0.25) is 5.91 Å². The van der Waals surface area contributed by atoms with Gasteiger partial charge < -0.3 is 15.4 Å². The van der Waals surface area contributed by atoms with Crippen LogP contribution in [0.5, 0.6) is 5.75 Å². The summed E-state index contributed by atoms with van der Waals surface area (Å²) in [7, 11) is 1.75. The smallest absolute Gasteiger partial charge is 0.234 e. The summed E-state index contributed by atoms with van der Waals surface area (Å²) in [4.78, 5) is 11.4. The second-order valence-electron chi connectivity index (χ2n) is 3.50. The lowest BCUT2D eigenvalue weighted by molar-refractivity contribution is -0.121. The summed E-state index contributed by atoms with van der Waals surface area (Å²) in [6.45, 7) is 0.855. The molecule has 4 heteroatoms. The Morgan fingerprint density at radius 2 is 2.33 bits per heavy atom. The maximum Gasteiger partial charge on any atom is 0.234 e. The van der Waals surface area contributed by atoms with Crippen LogP contribution < -0.4 is 15.4 Å². The van der Waals surface area contributed by atoms with Gasteiger partial charge in [-0.25, -0.2) is 0 Å². The van der Waals surface area contributed by atoms with Crippen molar-refractivity contribution in [1.82, 2.24) is 10.6 Å². The highest BCUT2D eigenvalue weighted by atomic mass is 16.5. The Labute approximate surface area is 88.6 Å². The predicted octanol–water partition coefficient (Wildman–Crippen LogP) is 0.456. The van der Waals surface area contributed by atoms with Crippen LogP contribution in [0.1, 0.15) is 11.6 Å². The minimum absolute atomic E-state index is 0.0113. The number of carbonyl (C=O) groups is 1. The van der Waals surface area contributed by atoms with E-state index >= 15 is 0 Å². The van der Waals surface area contributed by atoms with E-state index in [1.54, 1.807) is 7.05 Å². The number of fused-ring (bicyclic) bond motifs is 1. The van der Waals surface area contributed by atoms with E-state index in [2.05, 4.69) is 10.6 Å². The second kappa shape index (κ2) is 4.31. The number of amides is 1. The maximum atomic E-state index is 11.4. The first-order valence-corrected chi connectivity index (χ1v) is 4.97. The summed E-state index contributed by atoms with van der Waals surface area (Å²) in [6, 6.07) is 7.76. The SMILES string of the molecule is CNCC(=O)NC1COc2ccccc21. The highest BCUT2D eigenvalue weighted by Gasteiger charge is 2.24. The van der Waals surface area contributed by atoms with Gasteiger partial charge in [-0.2, -0.15) is 0 Å². The zero-order valence-electron chi connectivity index (χ0n) is 8.62. The van der Waals surface area contributed by atoms with Crippen molar-refractivity contribution in [2.45, 2.75) is 6.04 Å². The largest absolute Gasteiger partial charge is 0.491 e. The van der Waals surface area contributed by atoms with E-state index in [1.807, 2.05) is 24.3 Å². The third kappa shape index (κ3) is 2.10. The van der Waals surface area contributed by atoms with Gasteiger partial charge in [0.1, 0.15) is 12.4 Å². The second-order valence-corrected chi connectivity index (χ2v) is 3.50. The van der Waals surface area contributed by atoms with E-state index < -0.39 is 0 Å². The van der Waals surface area contributed by atoms with Crippen LogP contribution in [0.2, 0.25) is 0 Å². The van der Waals surface area contributed by atoms with Crippen molar-refractivity contribution in [2.75, 3.05) is 20.2 Å². The quantitative estimate of drug-likeness (QED) is 0.755. The lowest BCUT2D eigenvalue weighted by Gasteiger charge is -2.11. The fraction of sp³-hybridized carbons (Fsp3) is 0.364. The first-order valence-electron chi connectivity index (χ1n) is 4.97. The molecule has 0 bridgehead atoms. The van der Waals surface area contributed by atoms with Gasteiger partial charge in [-0.3, -0.25) is 4.79 Å². The third-order valence-corrected chi connectivity index (χ3v) is 2.37. The normalized spacial score (nSPS) is 18.1. The monoisotopic (exact) mass is 206 g/mol. The minimum Gasteiger partial charge on any atom is -0.491 e. The molecule has 2 N–H and O–H groups in total. The molecular weight excluding hydrogens is 192 g/mol. The molecule has 0 saturated carbocycles. The summed E-state index contributed by atoms with van der Waals surface area (Å²) in [5.74, 6) is 0.857. The molecule has 2 rings (SSSR count). The molecule has 0 aromatic heterocycles.